The molecule has 0 bridgehead atoms. The number of benzene rings is 2. The first-order chi connectivity index (χ1) is 14.9. The number of phenols is 2. The fourth-order valence-corrected chi connectivity index (χ4v) is 3.54. The van der Waals surface area contributed by atoms with Crippen molar-refractivity contribution in [3.05, 3.63) is 47.8 Å². The zero-order valence-electron chi connectivity index (χ0n) is 16.6. The Hall–Kier alpha value is -3.53. The lowest BCUT2D eigenvalue weighted by atomic mass is 10.2. The molecule has 3 N–H and O–H groups in total. The lowest BCUT2D eigenvalue weighted by Crippen LogP contribution is -2.37. The van der Waals surface area contributed by atoms with Crippen molar-refractivity contribution in [2.75, 3.05) is 49.2 Å². The Balaban J connectivity index is 1.37. The number of hydrogen-bond acceptors (Lipinski definition) is 7. The van der Waals surface area contributed by atoms with E-state index in [1.165, 1.54) is 23.1 Å². The zero-order chi connectivity index (χ0) is 22.0. The van der Waals surface area contributed by atoms with Gasteiger partial charge in [-0.2, -0.15) is 0 Å². The number of ether oxygens (including phenoxy) is 2. The summed E-state index contributed by atoms with van der Waals surface area (Å²) in [6.07, 6.45) is -1.25. The maximum absolute atomic E-state index is 14.7. The number of halogens is 1. The van der Waals surface area contributed by atoms with E-state index in [0.29, 0.717) is 37.7 Å². The van der Waals surface area contributed by atoms with Crippen molar-refractivity contribution >= 4 is 23.4 Å². The van der Waals surface area contributed by atoms with Gasteiger partial charge in [-0.3, -0.25) is 9.69 Å². The molecule has 2 aliphatic heterocycles. The molecule has 2 aromatic carbocycles. The van der Waals surface area contributed by atoms with Gasteiger partial charge < -0.3 is 29.9 Å². The van der Waals surface area contributed by atoms with Crippen LogP contribution in [0.2, 0.25) is 0 Å². The Bertz CT molecular complexity index is 995. The first-order valence-corrected chi connectivity index (χ1v) is 9.83. The van der Waals surface area contributed by atoms with Crippen LogP contribution < -0.4 is 15.1 Å². The number of morpholine rings is 1. The van der Waals surface area contributed by atoms with Crippen LogP contribution in [0, 0.1) is 5.82 Å². The second-order valence-electron chi connectivity index (χ2n) is 7.27. The number of carbonyl (C=O) groups excluding carboxylic acids is 2. The fraction of sp³-hybridized carbons (Fsp3) is 0.333. The van der Waals surface area contributed by atoms with E-state index in [1.54, 1.807) is 12.1 Å². The highest BCUT2D eigenvalue weighted by atomic mass is 19.1. The summed E-state index contributed by atoms with van der Waals surface area (Å²) in [7, 11) is 0. The number of hydrogen-bond donors (Lipinski definition) is 3. The number of rotatable bonds is 5. The molecule has 2 fully saturated rings. The molecule has 2 amide bonds. The van der Waals surface area contributed by atoms with Crippen LogP contribution in [0.5, 0.6) is 11.5 Å². The molecule has 2 aliphatic rings. The van der Waals surface area contributed by atoms with Gasteiger partial charge >= 0.3 is 6.09 Å². The van der Waals surface area contributed by atoms with E-state index in [1.807, 2.05) is 4.90 Å². The molecule has 2 heterocycles. The van der Waals surface area contributed by atoms with Crippen LogP contribution in [-0.2, 0) is 9.47 Å². The summed E-state index contributed by atoms with van der Waals surface area (Å²) in [4.78, 5) is 27.7. The Labute approximate surface area is 177 Å². The molecule has 0 aromatic heterocycles. The van der Waals surface area contributed by atoms with Gasteiger partial charge in [-0.25, -0.2) is 9.18 Å². The summed E-state index contributed by atoms with van der Waals surface area (Å²) < 4.78 is 25.2. The molecule has 0 spiro atoms. The number of amides is 2. The number of anilines is 2. The monoisotopic (exact) mass is 431 g/mol. The second-order valence-corrected chi connectivity index (χ2v) is 7.27. The van der Waals surface area contributed by atoms with Crippen molar-refractivity contribution in [1.82, 2.24) is 5.32 Å². The highest BCUT2D eigenvalue weighted by molar-refractivity contribution is 5.95. The van der Waals surface area contributed by atoms with E-state index < -0.39 is 29.7 Å². The molecule has 164 valence electrons. The summed E-state index contributed by atoms with van der Waals surface area (Å²) in [5.41, 5.74) is 0.981. The van der Waals surface area contributed by atoms with Gasteiger partial charge in [-0.05, 0) is 36.4 Å². The number of phenolic OH excluding ortho intramolecular Hbond substituents is 2. The number of aromatic hydroxyl groups is 2. The Kier molecular flexibility index (Phi) is 5.81. The zero-order valence-corrected chi connectivity index (χ0v) is 16.6. The third kappa shape index (κ3) is 4.48. The molecule has 2 saturated heterocycles. The highest BCUT2D eigenvalue weighted by Gasteiger charge is 2.33. The summed E-state index contributed by atoms with van der Waals surface area (Å²) in [6, 6.07) is 8.29. The van der Waals surface area contributed by atoms with Crippen molar-refractivity contribution in [2.24, 2.45) is 0 Å². The standard InChI is InChI=1S/C21H22FN3O6/c22-16-10-14(2-3-17(16)24-5-7-30-8-6-24)25-12-15(31-21(25)29)11-23-20(28)13-1-4-18(26)19(27)9-13/h1-4,9-10,15,26-27H,5-8,11-12H2,(H,23,28)/t15-/m0/s1. The minimum atomic E-state index is -0.625. The van der Waals surface area contributed by atoms with Gasteiger partial charge in [0.25, 0.3) is 5.91 Å². The maximum Gasteiger partial charge on any atom is 0.414 e. The number of cyclic esters (lactones) is 1. The average Bonchev–Trinajstić information content (AvgIpc) is 3.15. The van der Waals surface area contributed by atoms with Crippen molar-refractivity contribution in [3.63, 3.8) is 0 Å². The lowest BCUT2D eigenvalue weighted by Gasteiger charge is -2.29. The smallest absolute Gasteiger partial charge is 0.414 e. The van der Waals surface area contributed by atoms with Gasteiger partial charge in [0.05, 0.1) is 37.7 Å². The topological polar surface area (TPSA) is 112 Å². The van der Waals surface area contributed by atoms with Crippen LogP contribution >= 0.6 is 0 Å². The third-order valence-corrected chi connectivity index (χ3v) is 5.20. The van der Waals surface area contributed by atoms with Crippen LogP contribution in [-0.4, -0.2) is 67.7 Å². The highest BCUT2D eigenvalue weighted by Crippen LogP contribution is 2.28. The molecule has 31 heavy (non-hydrogen) atoms. The minimum Gasteiger partial charge on any atom is -0.504 e. The van der Waals surface area contributed by atoms with Crippen LogP contribution in [0.25, 0.3) is 0 Å². The fourth-order valence-electron chi connectivity index (χ4n) is 3.54. The summed E-state index contributed by atoms with van der Waals surface area (Å²) in [5.74, 6) is -1.67. The van der Waals surface area contributed by atoms with Gasteiger partial charge in [0, 0.05) is 18.7 Å². The summed E-state index contributed by atoms with van der Waals surface area (Å²) >= 11 is 0. The van der Waals surface area contributed by atoms with E-state index in [4.69, 9.17) is 9.47 Å². The molecule has 9 nitrogen and oxygen atoms in total. The molecular weight excluding hydrogens is 409 g/mol. The van der Waals surface area contributed by atoms with Gasteiger partial charge in [0.1, 0.15) is 11.9 Å². The van der Waals surface area contributed by atoms with Crippen molar-refractivity contribution in [2.45, 2.75) is 6.10 Å². The second kappa shape index (κ2) is 8.68. The van der Waals surface area contributed by atoms with Gasteiger partial charge in [0.15, 0.2) is 11.5 Å². The molecule has 10 heteroatoms. The molecular formula is C21H22FN3O6. The predicted molar refractivity (Wildman–Crippen MR) is 109 cm³/mol. The third-order valence-electron chi connectivity index (χ3n) is 5.20. The predicted octanol–water partition coefficient (Wildman–Crippen LogP) is 1.83. The normalized spacial score (nSPS) is 18.7. The molecule has 0 radical (unpaired) electrons. The first kappa shape index (κ1) is 20.7. The molecule has 4 rings (SSSR count). The van der Waals surface area contributed by atoms with Crippen molar-refractivity contribution in [3.8, 4) is 11.5 Å². The van der Waals surface area contributed by atoms with E-state index in [-0.39, 0.29) is 24.4 Å². The minimum absolute atomic E-state index is 0.0387. The molecule has 0 unspecified atom stereocenters. The van der Waals surface area contributed by atoms with Crippen LogP contribution in [0.15, 0.2) is 36.4 Å². The van der Waals surface area contributed by atoms with E-state index in [2.05, 4.69) is 5.32 Å². The molecule has 2 aromatic rings. The summed E-state index contributed by atoms with van der Waals surface area (Å²) in [6.45, 7) is 2.46. The number of nitrogens with zero attached hydrogens (tertiary/aromatic N) is 2. The average molecular weight is 431 g/mol. The molecule has 0 saturated carbocycles. The number of nitrogens with one attached hydrogen (secondary N) is 1. The quantitative estimate of drug-likeness (QED) is 0.620. The van der Waals surface area contributed by atoms with Gasteiger partial charge in [0.2, 0.25) is 0 Å². The van der Waals surface area contributed by atoms with Gasteiger partial charge in [-0.1, -0.05) is 0 Å². The van der Waals surface area contributed by atoms with E-state index in [9.17, 15) is 24.2 Å². The largest absolute Gasteiger partial charge is 0.504 e. The maximum atomic E-state index is 14.7. The van der Waals surface area contributed by atoms with Crippen LogP contribution in [0.4, 0.5) is 20.6 Å². The summed E-state index contributed by atoms with van der Waals surface area (Å²) in [5, 5.41) is 21.4. The Morgan fingerprint density at radius 1 is 1.13 bits per heavy atom. The molecule has 0 aliphatic carbocycles. The van der Waals surface area contributed by atoms with Crippen LogP contribution in [0.1, 0.15) is 10.4 Å². The first-order valence-electron chi connectivity index (χ1n) is 9.83. The van der Waals surface area contributed by atoms with Crippen LogP contribution in [0.3, 0.4) is 0 Å². The van der Waals surface area contributed by atoms with E-state index >= 15 is 0 Å². The number of carbonyl (C=O) groups is 2. The van der Waals surface area contributed by atoms with Crippen molar-refractivity contribution < 1.29 is 33.7 Å². The Morgan fingerprint density at radius 3 is 2.61 bits per heavy atom. The molecule has 1 atom stereocenters. The lowest BCUT2D eigenvalue weighted by molar-refractivity contribution is 0.0915. The SMILES string of the molecule is O=C(NC[C@H]1CN(c2ccc(N3CCOCC3)c(F)c2)C(=O)O1)c1ccc(O)c(O)c1. The Morgan fingerprint density at radius 2 is 1.90 bits per heavy atom. The van der Waals surface area contributed by atoms with Gasteiger partial charge in [-0.15, -0.1) is 0 Å². The van der Waals surface area contributed by atoms with E-state index in [0.717, 1.165) is 6.07 Å². The van der Waals surface area contributed by atoms with Crippen molar-refractivity contribution in [1.29, 1.82) is 0 Å².